The Bertz CT molecular complexity index is 647. The largest absolute Gasteiger partial charge is 0.360 e. The number of aryl methyl sites for hydroxylation is 1. The number of thiophene rings is 1. The van der Waals surface area contributed by atoms with Crippen molar-refractivity contribution in [2.75, 3.05) is 0 Å². The average molecular weight is 263 g/mol. The molecular formula is C11H9N3OS2. The van der Waals surface area contributed by atoms with E-state index in [-0.39, 0.29) is 0 Å². The Labute approximate surface area is 106 Å². The SMILES string of the molecule is Cc1cc(CSc2ncnc3sccc23)on1. The fourth-order valence-corrected chi connectivity index (χ4v) is 3.16. The number of nitrogens with zero attached hydrogens (tertiary/aromatic N) is 3. The minimum Gasteiger partial charge on any atom is -0.360 e. The van der Waals surface area contributed by atoms with Gasteiger partial charge in [0.05, 0.1) is 11.4 Å². The lowest BCUT2D eigenvalue weighted by atomic mass is 10.4. The minimum atomic E-state index is 0.739. The highest BCUT2D eigenvalue weighted by atomic mass is 32.2. The van der Waals surface area contributed by atoms with Crippen LogP contribution in [0, 0.1) is 6.92 Å². The van der Waals surface area contributed by atoms with E-state index in [0.29, 0.717) is 0 Å². The molecule has 0 bridgehead atoms. The van der Waals surface area contributed by atoms with Crippen molar-refractivity contribution in [3.8, 4) is 0 Å². The van der Waals surface area contributed by atoms with Crippen molar-refractivity contribution < 1.29 is 4.52 Å². The summed E-state index contributed by atoms with van der Waals surface area (Å²) in [6, 6.07) is 3.99. The van der Waals surface area contributed by atoms with E-state index in [1.165, 1.54) is 0 Å². The summed E-state index contributed by atoms with van der Waals surface area (Å²) in [6.45, 7) is 1.92. The third-order valence-corrected chi connectivity index (χ3v) is 4.10. The van der Waals surface area contributed by atoms with Crippen molar-refractivity contribution in [2.45, 2.75) is 17.7 Å². The van der Waals surface area contributed by atoms with Crippen LogP contribution in [0.5, 0.6) is 0 Å². The highest BCUT2D eigenvalue weighted by Gasteiger charge is 2.07. The first-order valence-electron chi connectivity index (χ1n) is 5.06. The highest BCUT2D eigenvalue weighted by Crippen LogP contribution is 2.29. The fourth-order valence-electron chi connectivity index (χ4n) is 1.51. The molecule has 4 nitrogen and oxygen atoms in total. The van der Waals surface area contributed by atoms with E-state index in [2.05, 4.69) is 15.1 Å². The molecule has 3 heterocycles. The third-order valence-electron chi connectivity index (χ3n) is 2.25. The van der Waals surface area contributed by atoms with E-state index in [1.807, 2.05) is 24.4 Å². The Hall–Kier alpha value is -1.40. The van der Waals surface area contributed by atoms with Gasteiger partial charge in [-0.15, -0.1) is 11.3 Å². The third kappa shape index (κ3) is 2.18. The first kappa shape index (κ1) is 10.7. The molecule has 0 spiro atoms. The van der Waals surface area contributed by atoms with E-state index < -0.39 is 0 Å². The monoisotopic (exact) mass is 263 g/mol. The molecule has 0 aliphatic rings. The molecule has 0 saturated carbocycles. The molecule has 0 aliphatic heterocycles. The number of aromatic nitrogens is 3. The van der Waals surface area contributed by atoms with E-state index in [1.54, 1.807) is 29.4 Å². The number of hydrogen-bond acceptors (Lipinski definition) is 6. The number of hydrogen-bond donors (Lipinski definition) is 0. The summed E-state index contributed by atoms with van der Waals surface area (Å²) in [5, 5.41) is 7.99. The normalized spacial score (nSPS) is 11.1. The van der Waals surface area contributed by atoms with Crippen LogP contribution in [0.2, 0.25) is 0 Å². The summed E-state index contributed by atoms with van der Waals surface area (Å²) in [4.78, 5) is 9.54. The second kappa shape index (κ2) is 4.46. The lowest BCUT2D eigenvalue weighted by Gasteiger charge is -1.98. The van der Waals surface area contributed by atoms with Gasteiger partial charge in [-0.3, -0.25) is 0 Å². The van der Waals surface area contributed by atoms with Gasteiger partial charge in [0.2, 0.25) is 0 Å². The second-order valence-electron chi connectivity index (χ2n) is 3.54. The van der Waals surface area contributed by atoms with Crippen LogP contribution in [0.1, 0.15) is 11.5 Å². The molecule has 6 heteroatoms. The average Bonchev–Trinajstić information content (AvgIpc) is 2.94. The Morgan fingerprint density at radius 3 is 3.18 bits per heavy atom. The standard InChI is InChI=1S/C11H9N3OS2/c1-7-4-8(15-14-7)5-17-11-9-2-3-16-10(9)12-6-13-11/h2-4,6H,5H2,1H3. The first-order chi connectivity index (χ1) is 8.33. The van der Waals surface area contributed by atoms with Gasteiger partial charge in [-0.2, -0.15) is 0 Å². The van der Waals surface area contributed by atoms with Crippen LogP contribution in [0.4, 0.5) is 0 Å². The maximum Gasteiger partial charge on any atom is 0.147 e. The first-order valence-corrected chi connectivity index (χ1v) is 6.92. The molecule has 3 rings (SSSR count). The molecule has 0 atom stereocenters. The second-order valence-corrected chi connectivity index (χ2v) is 5.40. The van der Waals surface area contributed by atoms with Crippen LogP contribution in [0.15, 0.2) is 33.4 Å². The molecule has 0 aliphatic carbocycles. The van der Waals surface area contributed by atoms with Gasteiger partial charge in [-0.05, 0) is 18.4 Å². The van der Waals surface area contributed by atoms with Crippen molar-refractivity contribution in [1.82, 2.24) is 15.1 Å². The van der Waals surface area contributed by atoms with Gasteiger partial charge in [0.1, 0.15) is 21.9 Å². The molecule has 0 saturated heterocycles. The molecule has 0 unspecified atom stereocenters. The van der Waals surface area contributed by atoms with Crippen LogP contribution in [-0.2, 0) is 5.75 Å². The topological polar surface area (TPSA) is 51.8 Å². The molecule has 0 radical (unpaired) electrons. The Balaban J connectivity index is 1.83. The van der Waals surface area contributed by atoms with Gasteiger partial charge in [-0.1, -0.05) is 16.9 Å². The molecule has 17 heavy (non-hydrogen) atoms. The van der Waals surface area contributed by atoms with Gasteiger partial charge in [0, 0.05) is 11.5 Å². The smallest absolute Gasteiger partial charge is 0.147 e. The summed E-state index contributed by atoms with van der Waals surface area (Å²) in [7, 11) is 0. The number of fused-ring (bicyclic) bond motifs is 1. The van der Waals surface area contributed by atoms with Gasteiger partial charge >= 0.3 is 0 Å². The summed E-state index contributed by atoms with van der Waals surface area (Å²) in [6.07, 6.45) is 1.60. The van der Waals surface area contributed by atoms with E-state index in [9.17, 15) is 0 Å². The molecular weight excluding hydrogens is 254 g/mol. The lowest BCUT2D eigenvalue weighted by Crippen LogP contribution is -1.84. The Morgan fingerprint density at radius 2 is 2.35 bits per heavy atom. The Kier molecular flexibility index (Phi) is 2.82. The van der Waals surface area contributed by atoms with Crippen LogP contribution in [-0.4, -0.2) is 15.1 Å². The molecule has 0 fully saturated rings. The van der Waals surface area contributed by atoms with Crippen molar-refractivity contribution >= 4 is 33.3 Å². The maximum absolute atomic E-state index is 5.17. The zero-order valence-corrected chi connectivity index (χ0v) is 10.7. The Morgan fingerprint density at radius 1 is 1.41 bits per heavy atom. The zero-order valence-electron chi connectivity index (χ0n) is 9.08. The highest BCUT2D eigenvalue weighted by molar-refractivity contribution is 7.98. The van der Waals surface area contributed by atoms with Crippen molar-refractivity contribution in [2.24, 2.45) is 0 Å². The summed E-state index contributed by atoms with van der Waals surface area (Å²) >= 11 is 3.27. The summed E-state index contributed by atoms with van der Waals surface area (Å²) in [5.41, 5.74) is 0.906. The van der Waals surface area contributed by atoms with E-state index in [0.717, 1.165) is 32.4 Å². The molecule has 0 N–H and O–H groups in total. The quantitative estimate of drug-likeness (QED) is 0.536. The van der Waals surface area contributed by atoms with Crippen molar-refractivity contribution in [3.05, 3.63) is 35.3 Å². The van der Waals surface area contributed by atoms with Gasteiger partial charge in [-0.25, -0.2) is 9.97 Å². The van der Waals surface area contributed by atoms with Crippen LogP contribution in [0.25, 0.3) is 10.2 Å². The fraction of sp³-hybridized carbons (Fsp3) is 0.182. The lowest BCUT2D eigenvalue weighted by molar-refractivity contribution is 0.391. The predicted molar refractivity (Wildman–Crippen MR) is 68.2 cm³/mol. The van der Waals surface area contributed by atoms with Gasteiger partial charge < -0.3 is 4.52 Å². The van der Waals surface area contributed by atoms with Crippen molar-refractivity contribution in [1.29, 1.82) is 0 Å². The van der Waals surface area contributed by atoms with E-state index in [4.69, 9.17) is 4.52 Å². The summed E-state index contributed by atoms with van der Waals surface area (Å²) < 4.78 is 5.17. The van der Waals surface area contributed by atoms with Gasteiger partial charge in [0.15, 0.2) is 0 Å². The maximum atomic E-state index is 5.17. The minimum absolute atomic E-state index is 0.739. The number of thioether (sulfide) groups is 1. The molecule has 3 aromatic heterocycles. The molecule has 86 valence electrons. The van der Waals surface area contributed by atoms with Gasteiger partial charge in [0.25, 0.3) is 0 Å². The molecule has 3 aromatic rings. The van der Waals surface area contributed by atoms with Crippen LogP contribution >= 0.6 is 23.1 Å². The van der Waals surface area contributed by atoms with Crippen molar-refractivity contribution in [3.63, 3.8) is 0 Å². The molecule has 0 amide bonds. The van der Waals surface area contributed by atoms with E-state index >= 15 is 0 Å². The van der Waals surface area contributed by atoms with Crippen LogP contribution < -0.4 is 0 Å². The predicted octanol–water partition coefficient (Wildman–Crippen LogP) is 3.28. The zero-order chi connectivity index (χ0) is 11.7. The number of rotatable bonds is 3. The summed E-state index contributed by atoms with van der Waals surface area (Å²) in [5.74, 6) is 1.61. The van der Waals surface area contributed by atoms with Crippen LogP contribution in [0.3, 0.4) is 0 Å². The molecule has 0 aromatic carbocycles.